The van der Waals surface area contributed by atoms with E-state index in [2.05, 4.69) is 19.7 Å². The second-order valence-corrected chi connectivity index (χ2v) is 8.23. The highest BCUT2D eigenvalue weighted by Crippen LogP contribution is 2.24. The van der Waals surface area contributed by atoms with Crippen molar-refractivity contribution < 1.29 is 13.2 Å². The smallest absolute Gasteiger partial charge is 0.261 e. The molecule has 0 aliphatic heterocycles. The Bertz CT molecular complexity index is 1270. The van der Waals surface area contributed by atoms with E-state index >= 15 is 0 Å². The summed E-state index contributed by atoms with van der Waals surface area (Å²) < 4.78 is 35.0. The Morgan fingerprint density at radius 2 is 1.67 bits per heavy atom. The van der Waals surface area contributed by atoms with Crippen LogP contribution >= 0.6 is 0 Å². The predicted molar refractivity (Wildman–Crippen MR) is 112 cm³/mol. The maximum Gasteiger partial charge on any atom is 0.261 e. The number of anilines is 1. The molecule has 4 rings (SSSR count). The summed E-state index contributed by atoms with van der Waals surface area (Å²) in [4.78, 5) is 12.9. The minimum absolute atomic E-state index is 0.198. The fourth-order valence-corrected chi connectivity index (χ4v) is 3.85. The summed E-state index contributed by atoms with van der Waals surface area (Å²) in [6.45, 7) is 3.89. The number of rotatable bonds is 6. The van der Waals surface area contributed by atoms with Crippen molar-refractivity contribution in [3.8, 4) is 17.4 Å². The second kappa shape index (κ2) is 7.96. The molecule has 30 heavy (non-hydrogen) atoms. The monoisotopic (exact) mass is 421 g/mol. The molecule has 0 atom stereocenters. The zero-order chi connectivity index (χ0) is 21.1. The Morgan fingerprint density at radius 1 is 0.933 bits per heavy atom. The van der Waals surface area contributed by atoms with Gasteiger partial charge in [0.2, 0.25) is 5.88 Å². The van der Waals surface area contributed by atoms with Crippen LogP contribution in [0.1, 0.15) is 11.4 Å². The van der Waals surface area contributed by atoms with Gasteiger partial charge in [0.05, 0.1) is 10.6 Å². The minimum atomic E-state index is -3.64. The normalized spacial score (nSPS) is 11.3. The van der Waals surface area contributed by atoms with Crippen LogP contribution in [0.25, 0.3) is 5.82 Å². The lowest BCUT2D eigenvalue weighted by atomic mass is 10.3. The van der Waals surface area contributed by atoms with E-state index in [1.54, 1.807) is 54.9 Å². The zero-order valence-corrected chi connectivity index (χ0v) is 17.2. The molecule has 4 aromatic rings. The fourth-order valence-electron chi connectivity index (χ4n) is 2.77. The van der Waals surface area contributed by atoms with Crippen molar-refractivity contribution in [3.05, 3.63) is 84.7 Å². The number of aromatic nitrogens is 4. The SMILES string of the molecule is Cc1ncn(-c2cc(Oc3ccc(NS(=O)(=O)c4ccccc4)cc3)ncn2)c1C. The Morgan fingerprint density at radius 3 is 2.33 bits per heavy atom. The summed E-state index contributed by atoms with van der Waals surface area (Å²) in [6.07, 6.45) is 3.12. The van der Waals surface area contributed by atoms with Gasteiger partial charge in [-0.1, -0.05) is 18.2 Å². The van der Waals surface area contributed by atoms with Gasteiger partial charge in [-0.2, -0.15) is 0 Å². The quantitative estimate of drug-likeness (QED) is 0.507. The number of aryl methyl sites for hydroxylation is 1. The predicted octanol–water partition coefficient (Wildman–Crippen LogP) is 3.87. The molecule has 2 aromatic carbocycles. The van der Waals surface area contributed by atoms with E-state index in [4.69, 9.17) is 4.74 Å². The summed E-state index contributed by atoms with van der Waals surface area (Å²) in [5.74, 6) is 1.52. The van der Waals surface area contributed by atoms with Crippen molar-refractivity contribution in [3.63, 3.8) is 0 Å². The highest BCUT2D eigenvalue weighted by atomic mass is 32.2. The van der Waals surface area contributed by atoms with Crippen molar-refractivity contribution in [2.45, 2.75) is 18.7 Å². The highest BCUT2D eigenvalue weighted by Gasteiger charge is 2.13. The summed E-state index contributed by atoms with van der Waals surface area (Å²) >= 11 is 0. The molecule has 0 aliphatic carbocycles. The van der Waals surface area contributed by atoms with Crippen molar-refractivity contribution in [2.75, 3.05) is 4.72 Å². The number of nitrogens with one attached hydrogen (secondary N) is 1. The summed E-state index contributed by atoms with van der Waals surface area (Å²) in [5.41, 5.74) is 2.33. The third-order valence-corrected chi connectivity index (χ3v) is 5.91. The van der Waals surface area contributed by atoms with E-state index in [9.17, 15) is 8.42 Å². The average Bonchev–Trinajstić information content (AvgIpc) is 3.09. The molecule has 0 radical (unpaired) electrons. The van der Waals surface area contributed by atoms with Gasteiger partial charge in [0.25, 0.3) is 10.0 Å². The first-order chi connectivity index (χ1) is 14.4. The van der Waals surface area contributed by atoms with Gasteiger partial charge in [-0.25, -0.2) is 23.4 Å². The third kappa shape index (κ3) is 4.15. The van der Waals surface area contributed by atoms with E-state index in [1.165, 1.54) is 18.5 Å². The second-order valence-electron chi connectivity index (χ2n) is 6.54. The van der Waals surface area contributed by atoms with Gasteiger partial charge >= 0.3 is 0 Å². The summed E-state index contributed by atoms with van der Waals surface area (Å²) in [6, 6.07) is 16.5. The van der Waals surface area contributed by atoms with Gasteiger partial charge in [0, 0.05) is 17.4 Å². The topological polar surface area (TPSA) is 99.0 Å². The Hall–Kier alpha value is -3.72. The van der Waals surface area contributed by atoms with E-state index < -0.39 is 10.0 Å². The molecule has 2 heterocycles. The van der Waals surface area contributed by atoms with Crippen LogP contribution in [0.15, 0.2) is 78.2 Å². The van der Waals surface area contributed by atoms with Crippen LogP contribution in [0, 0.1) is 13.8 Å². The maximum absolute atomic E-state index is 12.4. The summed E-state index contributed by atoms with van der Waals surface area (Å²) in [5, 5.41) is 0. The molecule has 0 bridgehead atoms. The molecule has 0 saturated heterocycles. The molecule has 0 saturated carbocycles. The molecule has 0 aliphatic rings. The van der Waals surface area contributed by atoms with Gasteiger partial charge in [0.15, 0.2) is 0 Å². The lowest BCUT2D eigenvalue weighted by molar-refractivity contribution is 0.461. The van der Waals surface area contributed by atoms with E-state index in [1.807, 2.05) is 18.4 Å². The molecular formula is C21H19N5O3S. The van der Waals surface area contributed by atoms with E-state index in [-0.39, 0.29) is 4.90 Å². The van der Waals surface area contributed by atoms with Crippen LogP contribution in [-0.4, -0.2) is 27.9 Å². The number of sulfonamides is 1. The maximum atomic E-state index is 12.4. The van der Waals surface area contributed by atoms with Crippen molar-refractivity contribution in [1.82, 2.24) is 19.5 Å². The Labute approximate surface area is 174 Å². The molecule has 1 N–H and O–H groups in total. The third-order valence-electron chi connectivity index (χ3n) is 4.51. The minimum Gasteiger partial charge on any atom is -0.439 e. The molecule has 0 spiro atoms. The molecule has 0 fully saturated rings. The molecule has 9 heteroatoms. The Balaban J connectivity index is 1.49. The first-order valence-corrected chi connectivity index (χ1v) is 10.6. The van der Waals surface area contributed by atoms with Crippen molar-refractivity contribution >= 4 is 15.7 Å². The largest absolute Gasteiger partial charge is 0.439 e. The van der Waals surface area contributed by atoms with Crippen LogP contribution < -0.4 is 9.46 Å². The molecular weight excluding hydrogens is 402 g/mol. The van der Waals surface area contributed by atoms with E-state index in [0.717, 1.165) is 11.4 Å². The molecule has 0 unspecified atom stereocenters. The standard InChI is InChI=1S/C21H19N5O3S/c1-15-16(2)26(14-24-15)20-12-21(23-13-22-20)29-18-10-8-17(9-11-18)25-30(27,28)19-6-4-3-5-7-19/h3-14,25H,1-2H3. The van der Waals surface area contributed by atoms with Gasteiger partial charge < -0.3 is 4.74 Å². The van der Waals surface area contributed by atoms with Crippen molar-refractivity contribution in [2.24, 2.45) is 0 Å². The molecule has 8 nitrogen and oxygen atoms in total. The van der Waals surface area contributed by atoms with Crippen LogP contribution in [0.3, 0.4) is 0 Å². The first kappa shape index (κ1) is 19.6. The van der Waals surface area contributed by atoms with Crippen molar-refractivity contribution in [1.29, 1.82) is 0 Å². The number of hydrogen-bond donors (Lipinski definition) is 1. The van der Waals surface area contributed by atoms with Gasteiger partial charge in [0.1, 0.15) is 24.2 Å². The van der Waals surface area contributed by atoms with Gasteiger partial charge in [-0.3, -0.25) is 9.29 Å². The van der Waals surface area contributed by atoms with Crippen LogP contribution in [-0.2, 0) is 10.0 Å². The number of ether oxygens (including phenoxy) is 1. The lowest BCUT2D eigenvalue weighted by Crippen LogP contribution is -2.12. The average molecular weight is 421 g/mol. The summed E-state index contributed by atoms with van der Waals surface area (Å²) in [7, 11) is -3.64. The number of imidazole rings is 1. The zero-order valence-electron chi connectivity index (χ0n) is 16.4. The molecule has 2 aromatic heterocycles. The fraction of sp³-hybridized carbons (Fsp3) is 0.0952. The number of nitrogens with zero attached hydrogens (tertiary/aromatic N) is 4. The van der Waals surface area contributed by atoms with Crippen LogP contribution in [0.4, 0.5) is 5.69 Å². The first-order valence-electron chi connectivity index (χ1n) is 9.11. The lowest BCUT2D eigenvalue weighted by Gasteiger charge is -2.10. The Kier molecular flexibility index (Phi) is 5.20. The van der Waals surface area contributed by atoms with E-state index in [0.29, 0.717) is 23.1 Å². The van der Waals surface area contributed by atoms with Gasteiger partial charge in [-0.15, -0.1) is 0 Å². The van der Waals surface area contributed by atoms with Gasteiger partial charge in [-0.05, 0) is 50.2 Å². The number of hydrogen-bond acceptors (Lipinski definition) is 6. The van der Waals surface area contributed by atoms with Crippen LogP contribution in [0.5, 0.6) is 11.6 Å². The number of benzene rings is 2. The molecule has 152 valence electrons. The van der Waals surface area contributed by atoms with Crippen LogP contribution in [0.2, 0.25) is 0 Å². The molecule has 0 amide bonds. The highest BCUT2D eigenvalue weighted by molar-refractivity contribution is 7.92.